The molecule has 4 nitrogen and oxygen atoms in total. The molecule has 8 heteroatoms. The minimum Gasteiger partial charge on any atom is -0.324 e. The SMILES string of the molecule is O=[P@]1(c2ccccc2)N=C(c2ccccc2)NC(C(Cl)(Cl)Cl)=N1. The predicted molar refractivity (Wildman–Crippen MR) is 97.5 cm³/mol. The van der Waals surface area contributed by atoms with Gasteiger partial charge in [0.1, 0.15) is 5.84 Å². The van der Waals surface area contributed by atoms with Gasteiger partial charge >= 0.3 is 7.44 Å². The summed E-state index contributed by atoms with van der Waals surface area (Å²) in [5.41, 5.74) is 0.727. The molecular weight excluding hydrogens is 376 g/mol. The van der Waals surface area contributed by atoms with Crippen molar-refractivity contribution in [2.75, 3.05) is 0 Å². The highest BCUT2D eigenvalue weighted by Gasteiger charge is 2.37. The Balaban J connectivity index is 2.15. The van der Waals surface area contributed by atoms with Gasteiger partial charge in [-0.15, -0.1) is 0 Å². The molecule has 0 bridgehead atoms. The van der Waals surface area contributed by atoms with Crippen molar-refractivity contribution in [2.45, 2.75) is 3.79 Å². The number of nitrogens with one attached hydrogen (secondary N) is 1. The van der Waals surface area contributed by atoms with Crippen LogP contribution in [0.5, 0.6) is 0 Å². The molecule has 2 aromatic rings. The molecule has 0 fully saturated rings. The molecule has 0 amide bonds. The van der Waals surface area contributed by atoms with Crippen molar-refractivity contribution in [3.8, 4) is 0 Å². The highest BCUT2D eigenvalue weighted by atomic mass is 35.6. The minimum absolute atomic E-state index is 0.0106. The molecule has 118 valence electrons. The lowest BCUT2D eigenvalue weighted by Crippen LogP contribution is -2.41. The van der Waals surface area contributed by atoms with Gasteiger partial charge < -0.3 is 5.32 Å². The van der Waals surface area contributed by atoms with E-state index in [-0.39, 0.29) is 5.84 Å². The molecule has 0 aliphatic carbocycles. The van der Waals surface area contributed by atoms with Gasteiger partial charge in [-0.05, 0) is 12.1 Å². The molecule has 0 radical (unpaired) electrons. The zero-order chi connectivity index (χ0) is 16.5. The van der Waals surface area contributed by atoms with Gasteiger partial charge in [0.25, 0.3) is 0 Å². The van der Waals surface area contributed by atoms with Crippen molar-refractivity contribution in [1.29, 1.82) is 0 Å². The first-order valence-electron chi connectivity index (χ1n) is 6.64. The van der Waals surface area contributed by atoms with Gasteiger partial charge in [0, 0.05) is 5.56 Å². The van der Waals surface area contributed by atoms with E-state index >= 15 is 0 Å². The summed E-state index contributed by atoms with van der Waals surface area (Å²) in [5.74, 6) is 0.345. The van der Waals surface area contributed by atoms with E-state index in [4.69, 9.17) is 34.8 Å². The molecule has 2 aromatic carbocycles. The average Bonchev–Trinajstić information content (AvgIpc) is 2.55. The standard InChI is InChI=1S/C15H11Cl3N3OP/c16-15(17,18)14-19-13(11-7-3-1-4-8-11)20-23(22,21-14)12-9-5-2-6-10-12/h1-10H,(H,19,20,21,22)/t23-/m1/s1. The third-order valence-electron chi connectivity index (χ3n) is 3.12. The van der Waals surface area contributed by atoms with Gasteiger partial charge in [0.15, 0.2) is 5.84 Å². The van der Waals surface area contributed by atoms with Crippen LogP contribution in [0.1, 0.15) is 5.56 Å². The summed E-state index contributed by atoms with van der Waals surface area (Å²) in [4.78, 5) is 0. The Bertz CT molecular complexity index is 817. The molecule has 0 unspecified atom stereocenters. The largest absolute Gasteiger partial charge is 0.332 e. The van der Waals surface area contributed by atoms with Crippen molar-refractivity contribution < 1.29 is 4.57 Å². The van der Waals surface area contributed by atoms with Crippen molar-refractivity contribution in [2.24, 2.45) is 9.53 Å². The van der Waals surface area contributed by atoms with E-state index in [9.17, 15) is 4.57 Å². The summed E-state index contributed by atoms with van der Waals surface area (Å²) < 4.78 is 19.9. The third-order valence-corrected chi connectivity index (χ3v) is 5.57. The van der Waals surface area contributed by atoms with Crippen LogP contribution in [0.15, 0.2) is 70.2 Å². The van der Waals surface area contributed by atoms with Crippen LogP contribution in [0.25, 0.3) is 0 Å². The van der Waals surface area contributed by atoms with E-state index in [1.54, 1.807) is 24.3 Å². The predicted octanol–water partition coefficient (Wildman–Crippen LogP) is 4.32. The molecule has 1 aliphatic rings. The monoisotopic (exact) mass is 385 g/mol. The Kier molecular flexibility index (Phi) is 4.52. The van der Waals surface area contributed by atoms with E-state index in [1.807, 2.05) is 36.4 Å². The van der Waals surface area contributed by atoms with Crippen molar-refractivity contribution in [3.05, 3.63) is 66.2 Å². The fraction of sp³-hybridized carbons (Fsp3) is 0.0667. The Hall–Kier alpha value is -1.32. The maximum absolute atomic E-state index is 13.3. The van der Waals surface area contributed by atoms with Crippen LogP contribution in [0.3, 0.4) is 0 Å². The summed E-state index contributed by atoms with van der Waals surface area (Å²) in [7, 11) is -3.48. The second kappa shape index (κ2) is 6.29. The average molecular weight is 387 g/mol. The molecule has 3 rings (SSSR count). The lowest BCUT2D eigenvalue weighted by atomic mass is 10.2. The maximum Gasteiger partial charge on any atom is 0.332 e. The zero-order valence-electron chi connectivity index (χ0n) is 11.7. The lowest BCUT2D eigenvalue weighted by Gasteiger charge is -2.25. The maximum atomic E-state index is 13.3. The molecule has 0 aromatic heterocycles. The number of alkyl halides is 3. The molecule has 0 saturated carbocycles. The first kappa shape index (κ1) is 16.5. The van der Waals surface area contributed by atoms with Gasteiger partial charge in [-0.1, -0.05) is 83.3 Å². The van der Waals surface area contributed by atoms with Crippen LogP contribution >= 0.6 is 42.2 Å². The highest BCUT2D eigenvalue weighted by molar-refractivity contribution is 7.69. The number of nitrogens with zero attached hydrogens (tertiary/aromatic N) is 2. The van der Waals surface area contributed by atoms with Crippen LogP contribution < -0.4 is 10.6 Å². The van der Waals surface area contributed by atoms with Gasteiger partial charge in [0.05, 0.1) is 5.30 Å². The molecule has 0 spiro atoms. The first-order chi connectivity index (χ1) is 10.9. The van der Waals surface area contributed by atoms with E-state index in [1.165, 1.54) is 0 Å². The second-order valence-electron chi connectivity index (χ2n) is 4.77. The number of halogens is 3. The smallest absolute Gasteiger partial charge is 0.324 e. The zero-order valence-corrected chi connectivity index (χ0v) is 14.8. The highest BCUT2D eigenvalue weighted by Crippen LogP contribution is 2.51. The number of hydrogen-bond acceptors (Lipinski definition) is 2. The van der Waals surface area contributed by atoms with Gasteiger partial charge in [0.2, 0.25) is 3.79 Å². The number of benzene rings is 2. The molecule has 23 heavy (non-hydrogen) atoms. The number of hydrogen-bond donors (Lipinski definition) is 1. The van der Waals surface area contributed by atoms with E-state index < -0.39 is 11.2 Å². The van der Waals surface area contributed by atoms with Crippen molar-refractivity contribution in [1.82, 2.24) is 5.32 Å². The number of rotatable bonds is 2. The second-order valence-corrected chi connectivity index (χ2v) is 9.05. The Morgan fingerprint density at radius 1 is 0.870 bits per heavy atom. The van der Waals surface area contributed by atoms with E-state index in [0.717, 1.165) is 5.56 Å². The van der Waals surface area contributed by atoms with Gasteiger partial charge in [-0.3, -0.25) is 4.57 Å². The Labute approximate surface area is 148 Å². The topological polar surface area (TPSA) is 53.8 Å². The van der Waals surface area contributed by atoms with Crippen LogP contribution in [0.2, 0.25) is 0 Å². The van der Waals surface area contributed by atoms with Crippen LogP contribution in [0, 0.1) is 0 Å². The van der Waals surface area contributed by atoms with Crippen LogP contribution in [0.4, 0.5) is 0 Å². The van der Waals surface area contributed by atoms with Crippen molar-refractivity contribution >= 4 is 59.2 Å². The third kappa shape index (κ3) is 3.61. The van der Waals surface area contributed by atoms with Gasteiger partial charge in [-0.2, -0.15) is 9.53 Å². The molecule has 1 N–H and O–H groups in total. The molecule has 0 saturated heterocycles. The Morgan fingerprint density at radius 3 is 2.00 bits per heavy atom. The molecule has 1 aliphatic heterocycles. The molecule has 1 heterocycles. The van der Waals surface area contributed by atoms with Crippen LogP contribution in [-0.2, 0) is 4.57 Å². The Morgan fingerprint density at radius 2 is 1.43 bits per heavy atom. The summed E-state index contributed by atoms with van der Waals surface area (Å²) >= 11 is 17.8. The minimum atomic E-state index is -3.48. The normalized spacial score (nSPS) is 21.2. The summed E-state index contributed by atoms with van der Waals surface area (Å²) in [5, 5.41) is 3.34. The molecular formula is C15H11Cl3N3OP. The van der Waals surface area contributed by atoms with Crippen molar-refractivity contribution in [3.63, 3.8) is 0 Å². The fourth-order valence-corrected chi connectivity index (χ4v) is 4.24. The first-order valence-corrected chi connectivity index (χ1v) is 9.39. The fourth-order valence-electron chi connectivity index (χ4n) is 2.05. The summed E-state index contributed by atoms with van der Waals surface area (Å²) in [6, 6.07) is 17.9. The summed E-state index contributed by atoms with van der Waals surface area (Å²) in [6.45, 7) is 0. The molecule has 1 atom stereocenters. The lowest BCUT2D eigenvalue weighted by molar-refractivity contribution is 0.582. The number of amidine groups is 2. The van der Waals surface area contributed by atoms with E-state index in [0.29, 0.717) is 11.1 Å². The summed E-state index contributed by atoms with van der Waals surface area (Å²) in [6.07, 6.45) is 0. The quantitative estimate of drug-likeness (QED) is 0.617. The van der Waals surface area contributed by atoms with E-state index in [2.05, 4.69) is 14.8 Å². The van der Waals surface area contributed by atoms with Crippen LogP contribution in [-0.4, -0.2) is 15.5 Å². The van der Waals surface area contributed by atoms with Gasteiger partial charge in [-0.25, -0.2) is 0 Å².